The predicted octanol–water partition coefficient (Wildman–Crippen LogP) is 1.36. The highest BCUT2D eigenvalue weighted by Gasteiger charge is 2.13. The maximum Gasteiger partial charge on any atom is 0.259 e. The molecule has 0 radical (unpaired) electrons. The summed E-state index contributed by atoms with van der Waals surface area (Å²) in [6.45, 7) is 0. The van der Waals surface area contributed by atoms with E-state index in [1.807, 2.05) is 0 Å². The van der Waals surface area contributed by atoms with E-state index in [0.29, 0.717) is 5.69 Å². The molecule has 0 spiro atoms. The third kappa shape index (κ3) is 2.48. The highest BCUT2D eigenvalue weighted by atomic mass is 35.5. The fourth-order valence-corrected chi connectivity index (χ4v) is 1.41. The molecule has 0 aliphatic carbocycles. The monoisotopic (exact) mass is 249 g/mol. The molecule has 1 aromatic carbocycles. The first kappa shape index (κ1) is 11.3. The number of amides is 1. The molecule has 2 aromatic rings. The Morgan fingerprint density at radius 2 is 2.18 bits per heavy atom. The van der Waals surface area contributed by atoms with Crippen LogP contribution in [0.15, 0.2) is 30.6 Å². The van der Waals surface area contributed by atoms with Gasteiger partial charge in [0.05, 0.1) is 28.7 Å². The number of rotatable bonds is 2. The van der Waals surface area contributed by atoms with Crippen LogP contribution in [0.1, 0.15) is 10.4 Å². The summed E-state index contributed by atoms with van der Waals surface area (Å²) < 4.78 is 0. The molecule has 0 fully saturated rings. The van der Waals surface area contributed by atoms with Crippen molar-refractivity contribution < 1.29 is 4.79 Å². The minimum atomic E-state index is -0.435. The van der Waals surface area contributed by atoms with Crippen LogP contribution in [-0.2, 0) is 0 Å². The average molecular weight is 250 g/mol. The van der Waals surface area contributed by atoms with Gasteiger partial charge in [-0.05, 0) is 12.1 Å². The van der Waals surface area contributed by atoms with E-state index < -0.39 is 5.91 Å². The molecule has 7 heteroatoms. The van der Waals surface area contributed by atoms with Gasteiger partial charge in [-0.25, -0.2) is 4.98 Å². The number of nitrogens with one attached hydrogen (secondary N) is 1. The van der Waals surface area contributed by atoms with Gasteiger partial charge in [0, 0.05) is 0 Å². The Morgan fingerprint density at radius 3 is 2.88 bits per heavy atom. The second-order valence-corrected chi connectivity index (χ2v) is 3.51. The molecule has 17 heavy (non-hydrogen) atoms. The van der Waals surface area contributed by atoms with Gasteiger partial charge in [-0.1, -0.05) is 17.7 Å². The smallest absolute Gasteiger partial charge is 0.259 e. The lowest BCUT2D eigenvalue weighted by Gasteiger charge is -2.06. The lowest BCUT2D eigenvalue weighted by atomic mass is 10.2. The summed E-state index contributed by atoms with van der Waals surface area (Å²) in [6, 6.07) is 4.81. The van der Waals surface area contributed by atoms with E-state index in [0.717, 1.165) is 0 Å². The van der Waals surface area contributed by atoms with Crippen molar-refractivity contribution in [3.8, 4) is 0 Å². The van der Waals surface area contributed by atoms with E-state index in [-0.39, 0.29) is 16.5 Å². The Hall–Kier alpha value is -2.21. The van der Waals surface area contributed by atoms with Gasteiger partial charge in [-0.2, -0.15) is 5.10 Å². The molecular formula is C10H8ClN5O. The Kier molecular flexibility index (Phi) is 3.15. The SMILES string of the molecule is Nc1cccc(C(=O)Nc2nccnn2)c1Cl. The van der Waals surface area contributed by atoms with Gasteiger partial charge in [-0.15, -0.1) is 5.10 Å². The van der Waals surface area contributed by atoms with E-state index in [4.69, 9.17) is 17.3 Å². The Bertz CT molecular complexity index is 546. The first-order chi connectivity index (χ1) is 8.18. The molecular weight excluding hydrogens is 242 g/mol. The van der Waals surface area contributed by atoms with Gasteiger partial charge >= 0.3 is 0 Å². The van der Waals surface area contributed by atoms with Crippen LogP contribution in [0.5, 0.6) is 0 Å². The highest BCUT2D eigenvalue weighted by molar-refractivity contribution is 6.36. The normalized spacial score (nSPS) is 9.94. The van der Waals surface area contributed by atoms with Crippen molar-refractivity contribution in [1.29, 1.82) is 0 Å². The van der Waals surface area contributed by atoms with Crippen molar-refractivity contribution in [2.45, 2.75) is 0 Å². The van der Waals surface area contributed by atoms with Crippen molar-refractivity contribution in [2.75, 3.05) is 11.1 Å². The largest absolute Gasteiger partial charge is 0.398 e. The Labute approximate surface area is 102 Å². The minimum absolute atomic E-state index is 0.107. The van der Waals surface area contributed by atoms with Gasteiger partial charge in [-0.3, -0.25) is 10.1 Å². The van der Waals surface area contributed by atoms with Gasteiger partial charge in [0.1, 0.15) is 0 Å². The van der Waals surface area contributed by atoms with Gasteiger partial charge in [0.15, 0.2) is 0 Å². The van der Waals surface area contributed by atoms with Crippen LogP contribution in [0, 0.1) is 0 Å². The number of hydrogen-bond acceptors (Lipinski definition) is 5. The minimum Gasteiger partial charge on any atom is -0.398 e. The summed E-state index contributed by atoms with van der Waals surface area (Å²) in [7, 11) is 0. The molecule has 0 atom stereocenters. The fourth-order valence-electron chi connectivity index (χ4n) is 1.20. The van der Waals surface area contributed by atoms with Crippen molar-refractivity contribution >= 4 is 29.1 Å². The molecule has 2 rings (SSSR count). The van der Waals surface area contributed by atoms with Gasteiger partial charge < -0.3 is 5.73 Å². The van der Waals surface area contributed by atoms with E-state index in [9.17, 15) is 4.79 Å². The molecule has 0 saturated heterocycles. The van der Waals surface area contributed by atoms with Crippen molar-refractivity contribution in [3.63, 3.8) is 0 Å². The number of nitrogens with two attached hydrogens (primary N) is 1. The van der Waals surface area contributed by atoms with Crippen LogP contribution < -0.4 is 11.1 Å². The quantitative estimate of drug-likeness (QED) is 0.784. The lowest BCUT2D eigenvalue weighted by molar-refractivity contribution is 0.102. The molecule has 86 valence electrons. The molecule has 1 heterocycles. The molecule has 1 amide bonds. The average Bonchev–Trinajstić information content (AvgIpc) is 2.34. The first-order valence-corrected chi connectivity index (χ1v) is 5.05. The summed E-state index contributed by atoms with van der Waals surface area (Å²) in [5, 5.41) is 9.88. The van der Waals surface area contributed by atoms with Crippen molar-refractivity contribution in [3.05, 3.63) is 41.2 Å². The zero-order valence-electron chi connectivity index (χ0n) is 8.59. The standard InChI is InChI=1S/C10H8ClN5O/c11-8-6(2-1-3-7(8)12)9(17)15-10-13-4-5-14-16-10/h1-5H,12H2,(H,13,15,16,17). The molecule has 0 aliphatic rings. The number of nitrogen functional groups attached to an aromatic ring is 1. The second kappa shape index (κ2) is 4.75. The Balaban J connectivity index is 2.24. The van der Waals surface area contributed by atoms with E-state index in [1.54, 1.807) is 18.2 Å². The van der Waals surface area contributed by atoms with Gasteiger partial charge in [0.2, 0.25) is 5.95 Å². The maximum atomic E-state index is 11.8. The van der Waals surface area contributed by atoms with Crippen LogP contribution in [0.3, 0.4) is 0 Å². The summed E-state index contributed by atoms with van der Waals surface area (Å²) in [5.41, 5.74) is 6.20. The number of nitrogens with zero attached hydrogens (tertiary/aromatic N) is 3. The summed E-state index contributed by atoms with van der Waals surface area (Å²) in [4.78, 5) is 15.6. The van der Waals surface area contributed by atoms with Crippen molar-refractivity contribution in [2.24, 2.45) is 0 Å². The Morgan fingerprint density at radius 1 is 1.35 bits per heavy atom. The van der Waals surface area contributed by atoms with Crippen LogP contribution >= 0.6 is 11.6 Å². The van der Waals surface area contributed by atoms with E-state index >= 15 is 0 Å². The predicted molar refractivity (Wildman–Crippen MR) is 63.6 cm³/mol. The first-order valence-electron chi connectivity index (χ1n) is 4.67. The number of benzene rings is 1. The number of carbonyl (C=O) groups excluding carboxylic acids is 1. The third-order valence-electron chi connectivity index (χ3n) is 1.98. The molecule has 1 aromatic heterocycles. The molecule has 0 aliphatic heterocycles. The zero-order valence-corrected chi connectivity index (χ0v) is 9.35. The van der Waals surface area contributed by atoms with Gasteiger partial charge in [0.25, 0.3) is 5.91 Å². The van der Waals surface area contributed by atoms with E-state index in [2.05, 4.69) is 20.5 Å². The summed E-state index contributed by atoms with van der Waals surface area (Å²) >= 11 is 5.91. The van der Waals surface area contributed by atoms with E-state index in [1.165, 1.54) is 12.4 Å². The number of halogens is 1. The topological polar surface area (TPSA) is 93.8 Å². The lowest BCUT2D eigenvalue weighted by Crippen LogP contribution is -2.15. The third-order valence-corrected chi connectivity index (χ3v) is 2.40. The number of aromatic nitrogens is 3. The molecule has 3 N–H and O–H groups in total. The van der Waals surface area contributed by atoms with Crippen LogP contribution in [0.4, 0.5) is 11.6 Å². The highest BCUT2D eigenvalue weighted by Crippen LogP contribution is 2.23. The zero-order chi connectivity index (χ0) is 12.3. The summed E-state index contributed by atoms with van der Waals surface area (Å²) in [5.74, 6) is -0.328. The molecule has 0 bridgehead atoms. The number of carbonyl (C=O) groups is 1. The molecule has 6 nitrogen and oxygen atoms in total. The molecule has 0 saturated carbocycles. The van der Waals surface area contributed by atoms with Crippen molar-refractivity contribution in [1.82, 2.24) is 15.2 Å². The molecule has 0 unspecified atom stereocenters. The number of hydrogen-bond donors (Lipinski definition) is 2. The van der Waals surface area contributed by atoms with Crippen LogP contribution in [0.25, 0.3) is 0 Å². The maximum absolute atomic E-state index is 11.8. The second-order valence-electron chi connectivity index (χ2n) is 3.13. The van der Waals surface area contributed by atoms with Crippen LogP contribution in [-0.4, -0.2) is 21.1 Å². The fraction of sp³-hybridized carbons (Fsp3) is 0. The summed E-state index contributed by atoms with van der Waals surface area (Å²) in [6.07, 6.45) is 2.83. The number of anilines is 2. The van der Waals surface area contributed by atoms with Crippen LogP contribution in [0.2, 0.25) is 5.02 Å².